The van der Waals surface area contributed by atoms with Crippen molar-refractivity contribution < 1.29 is 24.3 Å². The number of Topliss-reactive ketones (excluding diaryl/α,β-unsaturated/α-hetero) is 1. The van der Waals surface area contributed by atoms with E-state index in [9.17, 15) is 19.2 Å². The summed E-state index contributed by atoms with van der Waals surface area (Å²) in [6.07, 6.45) is 14.6. The van der Waals surface area contributed by atoms with Gasteiger partial charge in [-0.15, -0.1) is 0 Å². The monoisotopic (exact) mass is 589 g/mol. The third kappa shape index (κ3) is 22.7. The number of urea groups is 1. The number of nitrogens with zero attached hydrogens (tertiary/aromatic N) is 2. The van der Waals surface area contributed by atoms with Gasteiger partial charge < -0.3 is 26.0 Å². The van der Waals surface area contributed by atoms with Gasteiger partial charge in [0.1, 0.15) is 5.78 Å². The lowest BCUT2D eigenvalue weighted by atomic mass is 10.0. The molecular weight excluding hydrogens is 534 g/mol. The number of ketones is 1. The summed E-state index contributed by atoms with van der Waals surface area (Å²) in [6, 6.07) is 5.53. The summed E-state index contributed by atoms with van der Waals surface area (Å²) in [5, 5.41) is 17.2. The zero-order valence-corrected chi connectivity index (χ0v) is 26.0. The highest BCUT2D eigenvalue weighted by Gasteiger charge is 2.09. The molecule has 238 valence electrons. The quantitative estimate of drug-likeness (QED) is 0.109. The summed E-state index contributed by atoms with van der Waals surface area (Å²) in [5.74, 6) is -0.433. The van der Waals surface area contributed by atoms with Crippen molar-refractivity contribution in [2.75, 3.05) is 26.7 Å². The fraction of sp³-hybridized carbons (Fsp3) is 0.719. The smallest absolute Gasteiger partial charge is 0.314 e. The number of hydrogen-bond acceptors (Lipinski definition) is 6. The van der Waals surface area contributed by atoms with Crippen molar-refractivity contribution in [1.29, 1.82) is 0 Å². The Morgan fingerprint density at radius 2 is 1.43 bits per heavy atom. The molecule has 0 radical (unpaired) electrons. The van der Waals surface area contributed by atoms with E-state index in [0.29, 0.717) is 38.0 Å². The van der Waals surface area contributed by atoms with Crippen molar-refractivity contribution in [2.24, 2.45) is 0 Å². The number of aromatic nitrogens is 1. The van der Waals surface area contributed by atoms with E-state index in [1.807, 2.05) is 24.4 Å². The van der Waals surface area contributed by atoms with Crippen LogP contribution in [0.3, 0.4) is 0 Å². The van der Waals surface area contributed by atoms with E-state index in [2.05, 4.69) is 32.9 Å². The molecule has 10 nitrogen and oxygen atoms in total. The Bertz CT molecular complexity index is 883. The SMILES string of the molecule is CC(CCC(=O)O)NC(=O)NCCCCCCC(=O)CCCCCCC(=O)NCCCCCN(C)Cc1ccccn1. The first-order valence-corrected chi connectivity index (χ1v) is 15.9. The molecule has 1 atom stereocenters. The molecule has 0 bridgehead atoms. The number of carboxylic acids is 1. The van der Waals surface area contributed by atoms with E-state index >= 15 is 0 Å². The van der Waals surface area contributed by atoms with Crippen molar-refractivity contribution in [3.8, 4) is 0 Å². The number of amides is 3. The first kappa shape index (κ1) is 37.0. The predicted molar refractivity (Wildman–Crippen MR) is 166 cm³/mol. The molecule has 1 aromatic heterocycles. The van der Waals surface area contributed by atoms with Gasteiger partial charge in [0.05, 0.1) is 5.69 Å². The number of carbonyl (C=O) groups excluding carboxylic acids is 3. The fourth-order valence-electron chi connectivity index (χ4n) is 4.62. The van der Waals surface area contributed by atoms with Crippen molar-refractivity contribution in [3.05, 3.63) is 30.1 Å². The number of unbranched alkanes of at least 4 members (excludes halogenated alkanes) is 8. The molecule has 3 amide bonds. The summed E-state index contributed by atoms with van der Waals surface area (Å²) in [6.45, 7) is 4.96. The maximum absolute atomic E-state index is 12.1. The number of carbonyl (C=O) groups is 4. The van der Waals surface area contributed by atoms with Gasteiger partial charge in [0, 0.05) is 57.6 Å². The van der Waals surface area contributed by atoms with Gasteiger partial charge in [0.2, 0.25) is 5.91 Å². The van der Waals surface area contributed by atoms with Crippen molar-refractivity contribution in [1.82, 2.24) is 25.8 Å². The van der Waals surface area contributed by atoms with Crippen LogP contribution in [0.15, 0.2) is 24.4 Å². The molecule has 0 aliphatic carbocycles. The molecule has 0 fully saturated rings. The normalized spacial score (nSPS) is 11.7. The molecule has 0 saturated heterocycles. The van der Waals surface area contributed by atoms with Crippen molar-refractivity contribution in [3.63, 3.8) is 0 Å². The minimum atomic E-state index is -0.867. The van der Waals surface area contributed by atoms with Crippen LogP contribution in [-0.2, 0) is 20.9 Å². The van der Waals surface area contributed by atoms with Crippen LogP contribution < -0.4 is 16.0 Å². The molecule has 10 heteroatoms. The van der Waals surface area contributed by atoms with Crippen LogP contribution in [0.1, 0.15) is 115 Å². The number of aliphatic carboxylic acids is 1. The van der Waals surface area contributed by atoms with Gasteiger partial charge in [-0.2, -0.15) is 0 Å². The minimum Gasteiger partial charge on any atom is -0.481 e. The van der Waals surface area contributed by atoms with Gasteiger partial charge in [-0.05, 0) is 77.6 Å². The second-order valence-electron chi connectivity index (χ2n) is 11.3. The first-order chi connectivity index (χ1) is 20.3. The van der Waals surface area contributed by atoms with Crippen LogP contribution >= 0.6 is 0 Å². The van der Waals surface area contributed by atoms with Gasteiger partial charge in [-0.1, -0.05) is 38.2 Å². The molecule has 1 heterocycles. The van der Waals surface area contributed by atoms with Gasteiger partial charge in [-0.3, -0.25) is 19.4 Å². The third-order valence-corrected chi connectivity index (χ3v) is 7.14. The molecule has 0 saturated carbocycles. The van der Waals surface area contributed by atoms with Crippen LogP contribution in [0.25, 0.3) is 0 Å². The Kier molecular flexibility index (Phi) is 21.7. The summed E-state index contributed by atoms with van der Waals surface area (Å²) < 4.78 is 0. The first-order valence-electron chi connectivity index (χ1n) is 15.9. The lowest BCUT2D eigenvalue weighted by molar-refractivity contribution is -0.137. The summed E-state index contributed by atoms with van der Waals surface area (Å²) >= 11 is 0. The van der Waals surface area contributed by atoms with E-state index in [1.54, 1.807) is 6.92 Å². The molecule has 1 unspecified atom stereocenters. The van der Waals surface area contributed by atoms with Crippen molar-refractivity contribution in [2.45, 2.75) is 122 Å². The van der Waals surface area contributed by atoms with Gasteiger partial charge in [-0.25, -0.2) is 4.79 Å². The molecule has 4 N–H and O–H groups in total. The summed E-state index contributed by atoms with van der Waals surface area (Å²) in [5.41, 5.74) is 1.08. The Morgan fingerprint density at radius 3 is 2.07 bits per heavy atom. The molecule has 42 heavy (non-hydrogen) atoms. The predicted octanol–water partition coefficient (Wildman–Crippen LogP) is 5.21. The number of carboxylic acid groups (broad SMARTS) is 1. The molecule has 0 spiro atoms. The van der Waals surface area contributed by atoms with Crippen molar-refractivity contribution >= 4 is 23.7 Å². The largest absolute Gasteiger partial charge is 0.481 e. The topological polar surface area (TPSA) is 141 Å². The standard InChI is InChI=1S/C32H55N5O5/c1-27(20-21-31(40)41)36-32(42)35-24-12-6-5-9-18-29(38)17-8-3-4-10-19-30(39)34-23-13-7-15-25-37(2)26-28-16-11-14-22-33-28/h11,14,16,22,27H,3-10,12-13,15,17-21,23-26H2,1-2H3,(H,34,39)(H,40,41)(H2,35,36,42). The second kappa shape index (κ2) is 24.6. The maximum Gasteiger partial charge on any atom is 0.314 e. The third-order valence-electron chi connectivity index (χ3n) is 7.14. The number of hydrogen-bond donors (Lipinski definition) is 4. The lowest BCUT2D eigenvalue weighted by Gasteiger charge is -2.15. The zero-order valence-electron chi connectivity index (χ0n) is 26.0. The van der Waals surface area contributed by atoms with Gasteiger partial charge >= 0.3 is 12.0 Å². The average molecular weight is 590 g/mol. The van der Waals surface area contributed by atoms with E-state index in [0.717, 1.165) is 96.0 Å². The van der Waals surface area contributed by atoms with E-state index < -0.39 is 5.97 Å². The Balaban J connectivity index is 1.85. The number of pyridine rings is 1. The zero-order chi connectivity index (χ0) is 30.8. The van der Waals surface area contributed by atoms with Gasteiger partial charge in [0.15, 0.2) is 0 Å². The number of rotatable bonds is 26. The fourth-order valence-corrected chi connectivity index (χ4v) is 4.62. The van der Waals surface area contributed by atoms with Gasteiger partial charge in [0.25, 0.3) is 0 Å². The number of nitrogens with one attached hydrogen (secondary N) is 3. The Hall–Kier alpha value is -3.01. The highest BCUT2D eigenvalue weighted by atomic mass is 16.4. The Morgan fingerprint density at radius 1 is 0.810 bits per heavy atom. The van der Waals surface area contributed by atoms with Crippen LogP contribution in [0, 0.1) is 0 Å². The Labute approximate surface area is 252 Å². The summed E-state index contributed by atoms with van der Waals surface area (Å²) in [7, 11) is 2.11. The van der Waals surface area contributed by atoms with E-state index in [-0.39, 0.29) is 24.4 Å². The molecule has 1 aromatic rings. The highest BCUT2D eigenvalue weighted by molar-refractivity contribution is 5.78. The molecular formula is C32H55N5O5. The average Bonchev–Trinajstić information content (AvgIpc) is 2.95. The maximum atomic E-state index is 12.1. The molecule has 1 rings (SSSR count). The lowest BCUT2D eigenvalue weighted by Crippen LogP contribution is -2.41. The second-order valence-corrected chi connectivity index (χ2v) is 11.3. The summed E-state index contributed by atoms with van der Waals surface area (Å²) in [4.78, 5) is 53.1. The van der Waals surface area contributed by atoms with Crippen LogP contribution in [0.5, 0.6) is 0 Å². The van der Waals surface area contributed by atoms with E-state index in [4.69, 9.17) is 5.11 Å². The van der Waals surface area contributed by atoms with Crippen LogP contribution in [-0.4, -0.2) is 71.4 Å². The molecule has 0 aliphatic rings. The molecule has 0 aromatic carbocycles. The molecule has 0 aliphatic heterocycles. The van der Waals surface area contributed by atoms with Crippen LogP contribution in [0.4, 0.5) is 4.79 Å². The van der Waals surface area contributed by atoms with Crippen LogP contribution in [0.2, 0.25) is 0 Å². The minimum absolute atomic E-state index is 0.0353. The highest BCUT2D eigenvalue weighted by Crippen LogP contribution is 2.10. The van der Waals surface area contributed by atoms with E-state index in [1.165, 1.54) is 0 Å².